The van der Waals surface area contributed by atoms with Gasteiger partial charge in [-0.1, -0.05) is 12.2 Å². The minimum Gasteiger partial charge on any atom is -0.212 e. The Morgan fingerprint density at radius 2 is 2.08 bits per heavy atom. The molecule has 76 valence electrons. The van der Waals surface area contributed by atoms with Gasteiger partial charge in [-0.3, -0.25) is 0 Å². The quantitative estimate of drug-likeness (QED) is 0.636. The summed E-state index contributed by atoms with van der Waals surface area (Å²) in [7, 11) is 0.120. The topological polar surface area (TPSA) is 37.4 Å². The van der Waals surface area contributed by atoms with Crippen LogP contribution in [0.15, 0.2) is 12.2 Å². The van der Waals surface area contributed by atoms with Crippen molar-refractivity contribution in [3.05, 3.63) is 12.2 Å². The maximum atomic E-state index is 11.7. The average Bonchev–Trinajstić information content (AvgIpc) is 2.04. The highest BCUT2D eigenvalue weighted by Crippen LogP contribution is 2.27. The van der Waals surface area contributed by atoms with Gasteiger partial charge in [0.2, 0.25) is 10.0 Å². The molecule has 1 fully saturated rings. The highest BCUT2D eigenvalue weighted by molar-refractivity contribution is 7.89. The summed E-state index contributed by atoms with van der Waals surface area (Å²) in [5.41, 5.74) is 1.07. The summed E-state index contributed by atoms with van der Waals surface area (Å²) in [6, 6.07) is 0. The smallest absolute Gasteiger partial charge is 0.212 e. The molecule has 0 bridgehead atoms. The van der Waals surface area contributed by atoms with E-state index in [-0.39, 0.29) is 5.25 Å². The van der Waals surface area contributed by atoms with Gasteiger partial charge in [-0.2, -0.15) is 0 Å². The molecular formula is C9H17NO2S. The van der Waals surface area contributed by atoms with E-state index in [4.69, 9.17) is 0 Å². The first kappa shape index (κ1) is 10.7. The first-order valence-electron chi connectivity index (χ1n) is 4.52. The molecule has 0 radical (unpaired) electrons. The van der Waals surface area contributed by atoms with Crippen LogP contribution in [0.25, 0.3) is 0 Å². The molecule has 3 nitrogen and oxygen atoms in total. The van der Waals surface area contributed by atoms with Crippen molar-refractivity contribution >= 4 is 10.0 Å². The fraction of sp³-hybridized carbons (Fsp3) is 0.778. The van der Waals surface area contributed by atoms with Crippen LogP contribution in [0, 0.1) is 0 Å². The largest absolute Gasteiger partial charge is 0.216 e. The standard InChI is InChI=1S/C9H17NO2S/c1-8-5-4-6-9(7-8)13(11,12)10(2)3/h9H,1,4-7H2,2-3H3. The minimum atomic E-state index is -3.06. The second-order valence-corrected chi connectivity index (χ2v) is 6.22. The Morgan fingerprint density at radius 3 is 2.54 bits per heavy atom. The fourth-order valence-corrected chi connectivity index (χ4v) is 3.17. The molecule has 0 aromatic rings. The summed E-state index contributed by atoms with van der Waals surface area (Å²) in [5, 5.41) is -0.233. The van der Waals surface area contributed by atoms with Crippen molar-refractivity contribution in [2.45, 2.75) is 30.9 Å². The van der Waals surface area contributed by atoms with Gasteiger partial charge >= 0.3 is 0 Å². The third kappa shape index (κ3) is 2.31. The summed E-state index contributed by atoms with van der Waals surface area (Å²) in [4.78, 5) is 0. The molecule has 13 heavy (non-hydrogen) atoms. The van der Waals surface area contributed by atoms with Gasteiger partial charge in [-0.15, -0.1) is 0 Å². The van der Waals surface area contributed by atoms with Crippen LogP contribution in [0.4, 0.5) is 0 Å². The van der Waals surface area contributed by atoms with Crippen molar-refractivity contribution in [3.63, 3.8) is 0 Å². The second-order valence-electron chi connectivity index (χ2n) is 3.80. The molecule has 1 aliphatic carbocycles. The summed E-state index contributed by atoms with van der Waals surface area (Å²) in [5.74, 6) is 0. The van der Waals surface area contributed by atoms with Crippen LogP contribution in [0.3, 0.4) is 0 Å². The van der Waals surface area contributed by atoms with Crippen molar-refractivity contribution in [1.29, 1.82) is 0 Å². The van der Waals surface area contributed by atoms with E-state index >= 15 is 0 Å². The molecule has 0 aliphatic heterocycles. The van der Waals surface area contributed by atoms with E-state index in [0.29, 0.717) is 6.42 Å². The second kappa shape index (κ2) is 3.80. The highest BCUT2D eigenvalue weighted by atomic mass is 32.2. The van der Waals surface area contributed by atoms with E-state index < -0.39 is 10.0 Å². The lowest BCUT2D eigenvalue weighted by molar-refractivity contribution is 0.481. The van der Waals surface area contributed by atoms with Crippen LogP contribution in [-0.4, -0.2) is 32.1 Å². The Balaban J connectivity index is 2.77. The Hall–Kier alpha value is -0.350. The molecule has 0 aromatic carbocycles. The average molecular weight is 203 g/mol. The zero-order chi connectivity index (χ0) is 10.1. The van der Waals surface area contributed by atoms with Crippen LogP contribution in [0.2, 0.25) is 0 Å². The summed E-state index contributed by atoms with van der Waals surface area (Å²) in [6.45, 7) is 3.85. The van der Waals surface area contributed by atoms with Crippen LogP contribution in [0.5, 0.6) is 0 Å². The summed E-state index contributed by atoms with van der Waals surface area (Å²) in [6.07, 6.45) is 3.36. The molecule has 1 unspecified atom stereocenters. The van der Waals surface area contributed by atoms with E-state index in [1.54, 1.807) is 14.1 Å². The Morgan fingerprint density at radius 1 is 1.46 bits per heavy atom. The highest BCUT2D eigenvalue weighted by Gasteiger charge is 2.29. The first-order valence-corrected chi connectivity index (χ1v) is 6.03. The lowest BCUT2D eigenvalue weighted by Crippen LogP contribution is -2.35. The van der Waals surface area contributed by atoms with Crippen molar-refractivity contribution < 1.29 is 8.42 Å². The van der Waals surface area contributed by atoms with E-state index in [0.717, 1.165) is 24.8 Å². The number of nitrogens with zero attached hydrogens (tertiary/aromatic N) is 1. The summed E-state index contributed by atoms with van der Waals surface area (Å²) >= 11 is 0. The third-order valence-corrected chi connectivity index (χ3v) is 4.77. The Labute approximate surface area is 80.5 Å². The van der Waals surface area contributed by atoms with Crippen LogP contribution in [0.1, 0.15) is 25.7 Å². The predicted molar refractivity (Wildman–Crippen MR) is 54.0 cm³/mol. The molecule has 0 amide bonds. The van der Waals surface area contributed by atoms with Crippen molar-refractivity contribution in [3.8, 4) is 0 Å². The normalized spacial score (nSPS) is 25.2. The summed E-state index contributed by atoms with van der Waals surface area (Å²) < 4.78 is 24.7. The molecule has 1 saturated carbocycles. The van der Waals surface area contributed by atoms with Crippen LogP contribution >= 0.6 is 0 Å². The number of allylic oxidation sites excluding steroid dienone is 1. The fourth-order valence-electron chi connectivity index (χ4n) is 1.66. The number of rotatable bonds is 2. The Bertz CT molecular complexity index is 293. The van der Waals surface area contributed by atoms with E-state index in [9.17, 15) is 8.42 Å². The van der Waals surface area contributed by atoms with Gasteiger partial charge in [0.15, 0.2) is 0 Å². The van der Waals surface area contributed by atoms with Crippen molar-refractivity contribution in [1.82, 2.24) is 4.31 Å². The predicted octanol–water partition coefficient (Wildman–Crippen LogP) is 1.38. The molecule has 1 atom stereocenters. The zero-order valence-corrected chi connectivity index (χ0v) is 9.10. The SMILES string of the molecule is C=C1CCCC(S(=O)(=O)N(C)C)C1. The molecule has 0 spiro atoms. The lowest BCUT2D eigenvalue weighted by Gasteiger charge is -2.26. The number of hydrogen-bond donors (Lipinski definition) is 0. The van der Waals surface area contributed by atoms with E-state index in [1.165, 1.54) is 4.31 Å². The maximum absolute atomic E-state index is 11.7. The Kier molecular flexibility index (Phi) is 3.14. The van der Waals surface area contributed by atoms with Crippen LogP contribution in [-0.2, 0) is 10.0 Å². The third-order valence-electron chi connectivity index (χ3n) is 2.50. The number of hydrogen-bond acceptors (Lipinski definition) is 2. The molecular weight excluding hydrogens is 186 g/mol. The van der Waals surface area contributed by atoms with Gasteiger partial charge < -0.3 is 0 Å². The monoisotopic (exact) mass is 203 g/mol. The molecule has 0 heterocycles. The number of sulfonamides is 1. The van der Waals surface area contributed by atoms with Crippen molar-refractivity contribution in [2.24, 2.45) is 0 Å². The molecule has 0 N–H and O–H groups in total. The zero-order valence-electron chi connectivity index (χ0n) is 8.28. The van der Waals surface area contributed by atoms with Gasteiger partial charge in [0, 0.05) is 14.1 Å². The van der Waals surface area contributed by atoms with Gasteiger partial charge in [-0.25, -0.2) is 12.7 Å². The first-order chi connectivity index (χ1) is 5.94. The molecule has 0 aromatic heterocycles. The molecule has 0 saturated heterocycles. The van der Waals surface area contributed by atoms with Gasteiger partial charge in [-0.05, 0) is 25.7 Å². The molecule has 1 aliphatic rings. The van der Waals surface area contributed by atoms with Gasteiger partial charge in [0.05, 0.1) is 5.25 Å². The van der Waals surface area contributed by atoms with Gasteiger partial charge in [0.1, 0.15) is 0 Å². The molecule has 1 rings (SSSR count). The van der Waals surface area contributed by atoms with Crippen LogP contribution < -0.4 is 0 Å². The van der Waals surface area contributed by atoms with E-state index in [2.05, 4.69) is 6.58 Å². The lowest BCUT2D eigenvalue weighted by atomic mass is 9.96. The van der Waals surface area contributed by atoms with E-state index in [1.807, 2.05) is 0 Å². The minimum absolute atomic E-state index is 0.233. The van der Waals surface area contributed by atoms with Crippen molar-refractivity contribution in [2.75, 3.05) is 14.1 Å². The molecule has 4 heteroatoms. The maximum Gasteiger partial charge on any atom is 0.216 e. The van der Waals surface area contributed by atoms with Gasteiger partial charge in [0.25, 0.3) is 0 Å².